The van der Waals surface area contributed by atoms with Gasteiger partial charge in [-0.15, -0.1) is 0 Å². The number of aryl methyl sites for hydroxylation is 2. The highest BCUT2D eigenvalue weighted by Crippen LogP contribution is 2.34. The number of imidazole rings is 1. The minimum Gasteiger partial charge on any atom is -0.382 e. The van der Waals surface area contributed by atoms with Crippen LogP contribution in [0.5, 0.6) is 0 Å². The second-order valence-electron chi connectivity index (χ2n) is 6.42. The molecule has 0 atom stereocenters. The third-order valence-electron chi connectivity index (χ3n) is 4.65. The van der Waals surface area contributed by atoms with Crippen molar-refractivity contribution < 1.29 is 0 Å². The Morgan fingerprint density at radius 1 is 1.00 bits per heavy atom. The predicted molar refractivity (Wildman–Crippen MR) is 110 cm³/mol. The van der Waals surface area contributed by atoms with Crippen molar-refractivity contribution in [1.29, 1.82) is 0 Å². The predicted octanol–water partition coefficient (Wildman–Crippen LogP) is 4.74. The van der Waals surface area contributed by atoms with Crippen molar-refractivity contribution in [3.63, 3.8) is 0 Å². The number of benzene rings is 1. The first kappa shape index (κ1) is 17.1. The van der Waals surface area contributed by atoms with E-state index in [1.54, 1.807) is 11.8 Å². The number of anilines is 1. The first-order valence-corrected chi connectivity index (χ1v) is 10.6. The molecule has 1 aromatic carbocycles. The lowest BCUT2D eigenvalue weighted by molar-refractivity contribution is 0.629. The van der Waals surface area contributed by atoms with Gasteiger partial charge in [0.15, 0.2) is 16.6 Å². The molecule has 1 aliphatic carbocycles. The van der Waals surface area contributed by atoms with Crippen LogP contribution in [0.15, 0.2) is 28.5 Å². The maximum Gasteiger partial charge on any atom is 0.183 e. The van der Waals surface area contributed by atoms with E-state index in [-0.39, 0.29) is 0 Å². The lowest BCUT2D eigenvalue weighted by Crippen LogP contribution is -1.97. The molecule has 0 spiro atoms. The molecule has 0 unspecified atom stereocenters. The van der Waals surface area contributed by atoms with Gasteiger partial charge in [-0.2, -0.15) is 0 Å². The fourth-order valence-corrected chi connectivity index (χ4v) is 5.03. The Bertz CT molecular complexity index is 908. The van der Waals surface area contributed by atoms with Gasteiger partial charge in [-0.05, 0) is 71.5 Å². The highest BCUT2D eigenvalue weighted by molar-refractivity contribution is 14.1. The zero-order valence-electron chi connectivity index (χ0n) is 13.9. The SMILES string of the molecule is Nc1ncnc2nc(Sc3cc4c(cc3I)CCCCCCC4)[nH]c12. The van der Waals surface area contributed by atoms with Gasteiger partial charge in [-0.25, -0.2) is 15.0 Å². The Hall–Kier alpha value is -1.35. The summed E-state index contributed by atoms with van der Waals surface area (Å²) in [7, 11) is 0. The molecule has 0 bridgehead atoms. The minimum absolute atomic E-state index is 0.438. The highest BCUT2D eigenvalue weighted by Gasteiger charge is 2.14. The molecule has 0 aliphatic heterocycles. The highest BCUT2D eigenvalue weighted by atomic mass is 127. The number of rotatable bonds is 2. The van der Waals surface area contributed by atoms with Gasteiger partial charge in [0.25, 0.3) is 0 Å². The van der Waals surface area contributed by atoms with Crippen molar-refractivity contribution in [2.75, 3.05) is 5.73 Å². The summed E-state index contributed by atoms with van der Waals surface area (Å²) in [6, 6.07) is 4.72. The standard InChI is InChI=1S/C18H20IN5S/c19-13-8-11-6-4-2-1-3-5-7-12(11)9-14(13)25-18-23-15-16(20)21-10-22-17(15)24-18/h8-10H,1-7H2,(H3,20,21,22,23,24). The third kappa shape index (κ3) is 3.76. The van der Waals surface area contributed by atoms with E-state index < -0.39 is 0 Å². The summed E-state index contributed by atoms with van der Waals surface area (Å²) >= 11 is 4.08. The molecule has 130 valence electrons. The van der Waals surface area contributed by atoms with E-state index in [4.69, 9.17) is 5.73 Å². The largest absolute Gasteiger partial charge is 0.382 e. The van der Waals surface area contributed by atoms with E-state index in [2.05, 4.69) is 54.7 Å². The first-order chi connectivity index (χ1) is 12.2. The molecule has 0 saturated carbocycles. The zero-order valence-corrected chi connectivity index (χ0v) is 16.9. The molecule has 1 aliphatic rings. The Balaban J connectivity index is 1.66. The molecular formula is C18H20IN5S. The minimum atomic E-state index is 0.438. The van der Waals surface area contributed by atoms with Crippen LogP contribution in [-0.2, 0) is 12.8 Å². The Labute approximate surface area is 164 Å². The number of H-pyrrole nitrogens is 1. The maximum absolute atomic E-state index is 5.90. The van der Waals surface area contributed by atoms with E-state index in [0.717, 1.165) is 5.16 Å². The molecule has 5 nitrogen and oxygen atoms in total. The molecular weight excluding hydrogens is 445 g/mol. The molecule has 3 aromatic rings. The third-order valence-corrected chi connectivity index (χ3v) is 6.85. The van der Waals surface area contributed by atoms with E-state index in [0.29, 0.717) is 17.0 Å². The van der Waals surface area contributed by atoms with Crippen LogP contribution in [0.2, 0.25) is 0 Å². The van der Waals surface area contributed by atoms with Gasteiger partial charge in [0, 0.05) is 8.47 Å². The molecule has 0 fully saturated rings. The number of nitrogens with two attached hydrogens (primary N) is 1. The van der Waals surface area contributed by atoms with Gasteiger partial charge >= 0.3 is 0 Å². The van der Waals surface area contributed by atoms with Crippen molar-refractivity contribution in [2.45, 2.75) is 55.0 Å². The normalized spacial score (nSPS) is 15.4. The van der Waals surface area contributed by atoms with Crippen molar-refractivity contribution in [3.05, 3.63) is 33.2 Å². The van der Waals surface area contributed by atoms with Crippen molar-refractivity contribution in [1.82, 2.24) is 19.9 Å². The number of nitrogens with zero attached hydrogens (tertiary/aromatic N) is 3. The van der Waals surface area contributed by atoms with Gasteiger partial charge < -0.3 is 10.7 Å². The summed E-state index contributed by atoms with van der Waals surface area (Å²) < 4.78 is 1.28. The fourth-order valence-electron chi connectivity index (χ4n) is 3.32. The quantitative estimate of drug-likeness (QED) is 0.535. The summed E-state index contributed by atoms with van der Waals surface area (Å²) in [6.07, 6.45) is 10.5. The van der Waals surface area contributed by atoms with Crippen molar-refractivity contribution >= 4 is 51.3 Å². The zero-order chi connectivity index (χ0) is 17.2. The summed E-state index contributed by atoms with van der Waals surface area (Å²) in [5.41, 5.74) is 10.3. The molecule has 2 heterocycles. The topological polar surface area (TPSA) is 80.5 Å². The monoisotopic (exact) mass is 465 g/mol. The lowest BCUT2D eigenvalue weighted by Gasteiger charge is -2.12. The molecule has 7 heteroatoms. The Morgan fingerprint density at radius 3 is 2.48 bits per heavy atom. The average Bonchev–Trinajstić information content (AvgIpc) is 3.04. The number of hydrogen-bond acceptors (Lipinski definition) is 5. The van der Waals surface area contributed by atoms with Gasteiger partial charge in [0.2, 0.25) is 0 Å². The maximum atomic E-state index is 5.90. The number of aromatic nitrogens is 4. The van der Waals surface area contributed by atoms with Crippen molar-refractivity contribution in [2.24, 2.45) is 0 Å². The smallest absolute Gasteiger partial charge is 0.183 e. The average molecular weight is 465 g/mol. The molecule has 4 rings (SSSR count). The van der Waals surface area contributed by atoms with Gasteiger partial charge in [0.05, 0.1) is 0 Å². The van der Waals surface area contributed by atoms with Crippen LogP contribution in [0.25, 0.3) is 11.2 Å². The van der Waals surface area contributed by atoms with E-state index >= 15 is 0 Å². The number of nitrogen functional groups attached to an aromatic ring is 1. The van der Waals surface area contributed by atoms with E-state index in [9.17, 15) is 0 Å². The molecule has 25 heavy (non-hydrogen) atoms. The summed E-state index contributed by atoms with van der Waals surface area (Å²) in [5, 5.41) is 0.808. The van der Waals surface area contributed by atoms with Crippen LogP contribution in [0.4, 0.5) is 5.82 Å². The number of halogens is 1. The lowest BCUT2D eigenvalue weighted by atomic mass is 10.00. The Kier molecular flexibility index (Phi) is 5.12. The van der Waals surface area contributed by atoms with Crippen LogP contribution >= 0.6 is 34.4 Å². The second-order valence-corrected chi connectivity index (χ2v) is 8.61. The van der Waals surface area contributed by atoms with Crippen molar-refractivity contribution in [3.8, 4) is 0 Å². The first-order valence-electron chi connectivity index (χ1n) is 8.66. The fraction of sp³-hybridized carbons (Fsp3) is 0.389. The number of aromatic amines is 1. The number of fused-ring (bicyclic) bond motifs is 2. The van der Waals surface area contributed by atoms with Crippen LogP contribution in [0.3, 0.4) is 0 Å². The van der Waals surface area contributed by atoms with E-state index in [1.165, 1.54) is 70.9 Å². The summed E-state index contributed by atoms with van der Waals surface area (Å²) in [6.45, 7) is 0. The summed E-state index contributed by atoms with van der Waals surface area (Å²) in [5.74, 6) is 0.438. The molecule has 3 N–H and O–H groups in total. The van der Waals surface area contributed by atoms with Gasteiger partial charge in [-0.3, -0.25) is 0 Å². The molecule has 0 saturated heterocycles. The van der Waals surface area contributed by atoms with Gasteiger partial charge in [0.1, 0.15) is 11.8 Å². The Morgan fingerprint density at radius 2 is 1.72 bits per heavy atom. The van der Waals surface area contributed by atoms with Crippen LogP contribution in [0.1, 0.15) is 43.2 Å². The number of hydrogen-bond donors (Lipinski definition) is 2. The van der Waals surface area contributed by atoms with Gasteiger partial charge in [-0.1, -0.05) is 31.0 Å². The van der Waals surface area contributed by atoms with Crippen LogP contribution in [-0.4, -0.2) is 19.9 Å². The second kappa shape index (κ2) is 7.49. The van der Waals surface area contributed by atoms with Crippen LogP contribution < -0.4 is 5.73 Å². The number of nitrogens with one attached hydrogen (secondary N) is 1. The molecule has 2 aromatic heterocycles. The summed E-state index contributed by atoms with van der Waals surface area (Å²) in [4.78, 5) is 17.2. The van der Waals surface area contributed by atoms with E-state index in [1.807, 2.05) is 0 Å². The van der Waals surface area contributed by atoms with Crippen LogP contribution in [0, 0.1) is 3.57 Å². The molecule has 0 radical (unpaired) electrons. The molecule has 0 amide bonds.